The predicted molar refractivity (Wildman–Crippen MR) is 42.9 cm³/mol. The van der Waals surface area contributed by atoms with Crippen molar-refractivity contribution in [2.24, 2.45) is 0 Å². The van der Waals surface area contributed by atoms with E-state index in [1.165, 1.54) is 6.92 Å². The molecule has 1 nitrogen and oxygen atoms in total. The fraction of sp³-hybridized carbons (Fsp3) is 0.250. The number of aromatic hydroxyl groups is 1. The minimum atomic E-state index is -4.45. The van der Waals surface area contributed by atoms with Gasteiger partial charge in [-0.2, -0.15) is 13.2 Å². The predicted octanol–water partition coefficient (Wildman–Crippen LogP) is 3.37. The van der Waals surface area contributed by atoms with Crippen molar-refractivity contribution in [3.05, 3.63) is 28.3 Å². The first-order valence-electron chi connectivity index (χ1n) is 3.39. The Bertz CT molecular complexity index is 333. The summed E-state index contributed by atoms with van der Waals surface area (Å²) in [6.07, 6.45) is -4.45. The molecule has 0 fully saturated rings. The Morgan fingerprint density at radius 3 is 2.31 bits per heavy atom. The second kappa shape index (κ2) is 3.10. The zero-order valence-corrected chi connectivity index (χ0v) is 7.37. The lowest BCUT2D eigenvalue weighted by Gasteiger charge is -2.11. The van der Waals surface area contributed by atoms with Gasteiger partial charge in [-0.1, -0.05) is 11.6 Å². The van der Waals surface area contributed by atoms with Crippen LogP contribution in [0.3, 0.4) is 0 Å². The Balaban J connectivity index is 3.35. The van der Waals surface area contributed by atoms with E-state index in [0.717, 1.165) is 12.1 Å². The largest absolute Gasteiger partial charge is 0.506 e. The molecule has 0 amide bonds. The molecule has 1 aromatic rings. The van der Waals surface area contributed by atoms with Crippen LogP contribution in [0.1, 0.15) is 11.1 Å². The molecule has 1 N–H and O–H groups in total. The van der Waals surface area contributed by atoms with Crippen LogP contribution in [0.25, 0.3) is 0 Å². The first-order chi connectivity index (χ1) is 5.84. The zero-order chi connectivity index (χ0) is 10.2. The van der Waals surface area contributed by atoms with Crippen LogP contribution in [0.2, 0.25) is 5.02 Å². The van der Waals surface area contributed by atoms with Crippen LogP contribution < -0.4 is 0 Å². The maximum Gasteiger partial charge on any atom is 0.416 e. The smallest absolute Gasteiger partial charge is 0.416 e. The lowest BCUT2D eigenvalue weighted by atomic mass is 10.1. The monoisotopic (exact) mass is 210 g/mol. The van der Waals surface area contributed by atoms with Crippen molar-refractivity contribution in [2.75, 3.05) is 0 Å². The van der Waals surface area contributed by atoms with Crippen LogP contribution in [0, 0.1) is 6.92 Å². The number of phenolic OH excluding ortho intramolecular Hbond substituents is 1. The average Bonchev–Trinajstić information content (AvgIpc) is 1.98. The van der Waals surface area contributed by atoms with Crippen LogP contribution in [0.15, 0.2) is 12.1 Å². The molecule has 0 atom stereocenters. The molecule has 13 heavy (non-hydrogen) atoms. The van der Waals surface area contributed by atoms with E-state index < -0.39 is 17.5 Å². The second-order valence-electron chi connectivity index (χ2n) is 2.57. The van der Waals surface area contributed by atoms with Gasteiger partial charge in [0.2, 0.25) is 0 Å². The van der Waals surface area contributed by atoms with Crippen molar-refractivity contribution in [2.45, 2.75) is 13.1 Å². The molecule has 0 saturated heterocycles. The third-order valence-corrected chi connectivity index (χ3v) is 1.99. The van der Waals surface area contributed by atoms with Crippen molar-refractivity contribution in [3.63, 3.8) is 0 Å². The van der Waals surface area contributed by atoms with E-state index in [2.05, 4.69) is 0 Å². The maximum atomic E-state index is 12.2. The molecule has 0 radical (unpaired) electrons. The van der Waals surface area contributed by atoms with E-state index in [9.17, 15) is 13.2 Å². The highest BCUT2D eigenvalue weighted by Crippen LogP contribution is 2.38. The van der Waals surface area contributed by atoms with Gasteiger partial charge >= 0.3 is 6.18 Å². The summed E-state index contributed by atoms with van der Waals surface area (Å²) in [4.78, 5) is 0. The van der Waals surface area contributed by atoms with Gasteiger partial charge in [0.25, 0.3) is 0 Å². The quantitative estimate of drug-likeness (QED) is 0.696. The minimum absolute atomic E-state index is 0.0782. The Labute approximate surface area is 77.8 Å². The lowest BCUT2D eigenvalue weighted by molar-refractivity contribution is -0.138. The molecule has 0 unspecified atom stereocenters. The fourth-order valence-electron chi connectivity index (χ4n) is 0.974. The zero-order valence-electron chi connectivity index (χ0n) is 6.61. The molecule has 1 aromatic carbocycles. The van der Waals surface area contributed by atoms with Gasteiger partial charge in [0, 0.05) is 5.56 Å². The normalized spacial score (nSPS) is 11.8. The second-order valence-corrected chi connectivity index (χ2v) is 2.97. The highest BCUT2D eigenvalue weighted by Gasteiger charge is 2.33. The molecular formula is C8H6ClF3O. The summed E-state index contributed by atoms with van der Waals surface area (Å²) < 4.78 is 36.6. The molecule has 0 aliphatic heterocycles. The standard InChI is InChI=1S/C8H6ClF3O/c1-4-5(8(10,11)12)2-3-6(9)7(4)13/h2-3,13H,1H3. The van der Waals surface area contributed by atoms with Gasteiger partial charge in [0.15, 0.2) is 0 Å². The van der Waals surface area contributed by atoms with E-state index in [4.69, 9.17) is 16.7 Å². The molecule has 0 saturated carbocycles. The van der Waals surface area contributed by atoms with Gasteiger partial charge in [-0.25, -0.2) is 0 Å². The highest BCUT2D eigenvalue weighted by molar-refractivity contribution is 6.32. The van der Waals surface area contributed by atoms with Gasteiger partial charge in [-0.3, -0.25) is 0 Å². The molecule has 0 bridgehead atoms. The third-order valence-electron chi connectivity index (χ3n) is 1.69. The summed E-state index contributed by atoms with van der Waals surface area (Å²) in [6, 6.07) is 1.87. The molecule has 72 valence electrons. The molecule has 5 heteroatoms. The van der Waals surface area contributed by atoms with E-state index in [1.54, 1.807) is 0 Å². The van der Waals surface area contributed by atoms with Crippen LogP contribution in [-0.4, -0.2) is 5.11 Å². The molecular weight excluding hydrogens is 205 g/mol. The number of phenols is 1. The summed E-state index contributed by atoms with van der Waals surface area (Å²) in [5, 5.41) is 9.04. The van der Waals surface area contributed by atoms with Gasteiger partial charge in [-0.05, 0) is 19.1 Å². The molecule has 0 heterocycles. The van der Waals surface area contributed by atoms with Gasteiger partial charge in [0.1, 0.15) is 5.75 Å². The number of hydrogen-bond donors (Lipinski definition) is 1. The summed E-state index contributed by atoms with van der Waals surface area (Å²) in [6.45, 7) is 1.17. The van der Waals surface area contributed by atoms with Crippen LogP contribution in [0.4, 0.5) is 13.2 Å². The van der Waals surface area contributed by atoms with Crippen molar-refractivity contribution in [3.8, 4) is 5.75 Å². The van der Waals surface area contributed by atoms with Crippen molar-refractivity contribution >= 4 is 11.6 Å². The molecule has 0 spiro atoms. The SMILES string of the molecule is Cc1c(C(F)(F)F)ccc(Cl)c1O. The Kier molecular flexibility index (Phi) is 2.43. The van der Waals surface area contributed by atoms with Gasteiger partial charge in [-0.15, -0.1) is 0 Å². The first kappa shape index (κ1) is 10.2. The summed E-state index contributed by atoms with van der Waals surface area (Å²) in [7, 11) is 0. The number of hydrogen-bond acceptors (Lipinski definition) is 1. The summed E-state index contributed by atoms with van der Waals surface area (Å²) in [5.74, 6) is -0.517. The molecule has 0 aromatic heterocycles. The lowest BCUT2D eigenvalue weighted by Crippen LogP contribution is -2.07. The third kappa shape index (κ3) is 1.88. The summed E-state index contributed by atoms with van der Waals surface area (Å²) >= 11 is 5.42. The fourth-order valence-corrected chi connectivity index (χ4v) is 1.18. The van der Waals surface area contributed by atoms with Crippen LogP contribution in [-0.2, 0) is 6.18 Å². The van der Waals surface area contributed by atoms with E-state index in [0.29, 0.717) is 0 Å². The van der Waals surface area contributed by atoms with Gasteiger partial charge in [0.05, 0.1) is 10.6 Å². The Morgan fingerprint density at radius 2 is 1.85 bits per heavy atom. The van der Waals surface area contributed by atoms with E-state index in [1.807, 2.05) is 0 Å². The Morgan fingerprint density at radius 1 is 1.31 bits per heavy atom. The Hall–Kier alpha value is -0.900. The number of rotatable bonds is 0. The van der Waals surface area contributed by atoms with Crippen LogP contribution in [0.5, 0.6) is 5.75 Å². The van der Waals surface area contributed by atoms with Crippen molar-refractivity contribution in [1.82, 2.24) is 0 Å². The van der Waals surface area contributed by atoms with E-state index in [-0.39, 0.29) is 10.6 Å². The molecule has 0 aliphatic rings. The number of alkyl halides is 3. The average molecular weight is 211 g/mol. The molecule has 0 aliphatic carbocycles. The highest BCUT2D eigenvalue weighted by atomic mass is 35.5. The number of halogens is 4. The summed E-state index contributed by atoms with van der Waals surface area (Å²) in [5.41, 5.74) is -1.12. The first-order valence-corrected chi connectivity index (χ1v) is 3.77. The maximum absolute atomic E-state index is 12.2. The van der Waals surface area contributed by atoms with E-state index >= 15 is 0 Å². The van der Waals surface area contributed by atoms with Crippen molar-refractivity contribution < 1.29 is 18.3 Å². The van der Waals surface area contributed by atoms with Crippen LogP contribution >= 0.6 is 11.6 Å². The topological polar surface area (TPSA) is 20.2 Å². The van der Waals surface area contributed by atoms with Crippen molar-refractivity contribution in [1.29, 1.82) is 0 Å². The minimum Gasteiger partial charge on any atom is -0.506 e. The van der Waals surface area contributed by atoms with Gasteiger partial charge < -0.3 is 5.11 Å². The number of benzene rings is 1. The molecule has 1 rings (SSSR count).